The molecule has 3 aromatic carbocycles. The van der Waals surface area contributed by atoms with Gasteiger partial charge in [-0.05, 0) is 35.0 Å². The average Bonchev–Trinajstić information content (AvgIpc) is 3.03. The van der Waals surface area contributed by atoms with Crippen molar-refractivity contribution in [2.24, 2.45) is 0 Å². The largest absolute Gasteiger partial charge is 0.471 e. The highest BCUT2D eigenvalue weighted by Gasteiger charge is 2.38. The summed E-state index contributed by atoms with van der Waals surface area (Å²) in [6, 6.07) is 17.6. The second kappa shape index (κ2) is 5.87. The predicted octanol–water partition coefficient (Wildman–Crippen LogP) is 5.15. The molecule has 0 bridgehead atoms. The molecule has 4 nitrogen and oxygen atoms in total. The molecule has 4 rings (SSSR count). The van der Waals surface area contributed by atoms with Crippen molar-refractivity contribution >= 4 is 33.5 Å². The van der Waals surface area contributed by atoms with Crippen molar-refractivity contribution < 1.29 is 22.4 Å². The Bertz CT molecular complexity index is 1130. The number of hydrogen-bond donors (Lipinski definition) is 1. The molecule has 1 heterocycles. The smallest absolute Gasteiger partial charge is 0.436 e. The number of rotatable bonds is 2. The van der Waals surface area contributed by atoms with Gasteiger partial charge in [0, 0.05) is 11.3 Å². The van der Waals surface area contributed by atoms with Gasteiger partial charge in [0.1, 0.15) is 5.52 Å². The van der Waals surface area contributed by atoms with Crippen LogP contribution in [0, 0.1) is 0 Å². The van der Waals surface area contributed by atoms with Gasteiger partial charge in [-0.15, -0.1) is 0 Å². The van der Waals surface area contributed by atoms with E-state index in [-0.39, 0.29) is 5.69 Å². The molecule has 0 saturated carbocycles. The van der Waals surface area contributed by atoms with E-state index >= 15 is 0 Å². The number of carbonyl (C=O) groups excluding carboxylic acids is 1. The van der Waals surface area contributed by atoms with E-state index in [2.05, 4.69) is 4.98 Å². The zero-order chi connectivity index (χ0) is 18.3. The van der Waals surface area contributed by atoms with Crippen molar-refractivity contribution in [2.75, 3.05) is 5.32 Å². The Hall–Kier alpha value is -3.35. The van der Waals surface area contributed by atoms with Gasteiger partial charge in [-0.2, -0.15) is 13.2 Å². The molecule has 0 unspecified atom stereocenters. The molecule has 0 spiro atoms. The van der Waals surface area contributed by atoms with Crippen molar-refractivity contribution in [2.45, 2.75) is 6.18 Å². The summed E-state index contributed by atoms with van der Waals surface area (Å²) in [5, 5.41) is 3.78. The molecule has 0 atom stereocenters. The lowest BCUT2D eigenvalue weighted by molar-refractivity contribution is -0.167. The minimum absolute atomic E-state index is 0.00223. The summed E-state index contributed by atoms with van der Waals surface area (Å²) in [6.07, 6.45) is -4.95. The van der Waals surface area contributed by atoms with Crippen molar-refractivity contribution in [1.82, 2.24) is 4.98 Å². The molecule has 0 aliphatic rings. The normalized spacial score (nSPS) is 11.8. The van der Waals surface area contributed by atoms with Gasteiger partial charge in [0.15, 0.2) is 5.58 Å². The molecule has 4 aromatic rings. The van der Waals surface area contributed by atoms with Gasteiger partial charge in [0.05, 0.1) is 0 Å². The molecular formula is C19H11F3N2O2. The number of anilines is 1. The summed E-state index contributed by atoms with van der Waals surface area (Å²) in [5.41, 5.74) is 1.55. The Morgan fingerprint density at radius 3 is 2.58 bits per heavy atom. The fraction of sp³-hybridized carbons (Fsp3) is 0.0526. The number of halogens is 3. The zero-order valence-electron chi connectivity index (χ0n) is 13.2. The number of fused-ring (bicyclic) bond motifs is 2. The van der Waals surface area contributed by atoms with Crippen LogP contribution in [-0.2, 0) is 4.79 Å². The SMILES string of the molecule is O=C(Nc1ccc2oc(-c3cccc4ccccc34)nc2c1)C(F)(F)F. The Labute approximate surface area is 145 Å². The number of benzene rings is 3. The molecule has 130 valence electrons. The first-order valence-electron chi connectivity index (χ1n) is 7.69. The Morgan fingerprint density at radius 2 is 1.77 bits per heavy atom. The van der Waals surface area contributed by atoms with Crippen molar-refractivity contribution in [3.8, 4) is 11.5 Å². The summed E-state index contributed by atoms with van der Waals surface area (Å²) in [7, 11) is 0. The lowest BCUT2D eigenvalue weighted by atomic mass is 10.0. The first-order chi connectivity index (χ1) is 12.4. The third-order valence-electron chi connectivity index (χ3n) is 3.92. The van der Waals surface area contributed by atoms with Crippen LogP contribution in [0.3, 0.4) is 0 Å². The Morgan fingerprint density at radius 1 is 1.00 bits per heavy atom. The number of aromatic nitrogens is 1. The van der Waals surface area contributed by atoms with Crippen LogP contribution in [-0.4, -0.2) is 17.1 Å². The highest BCUT2D eigenvalue weighted by Crippen LogP contribution is 2.31. The number of oxazole rings is 1. The van der Waals surface area contributed by atoms with Gasteiger partial charge in [0.25, 0.3) is 0 Å². The van der Waals surface area contributed by atoms with Crippen LogP contribution in [0.25, 0.3) is 33.3 Å². The standard InChI is InChI=1S/C19H11F3N2O2/c20-19(21,22)18(25)23-12-8-9-16-15(10-12)24-17(26-16)14-7-3-5-11-4-1-2-6-13(11)14/h1-10H,(H,23,25). The van der Waals surface area contributed by atoms with Crippen molar-refractivity contribution in [3.63, 3.8) is 0 Å². The summed E-state index contributed by atoms with van der Waals surface area (Å²) in [5.74, 6) is -1.68. The van der Waals surface area contributed by atoms with E-state index in [0.29, 0.717) is 17.0 Å². The summed E-state index contributed by atoms with van der Waals surface area (Å²) >= 11 is 0. The van der Waals surface area contributed by atoms with Gasteiger partial charge in [-0.25, -0.2) is 4.98 Å². The number of hydrogen-bond acceptors (Lipinski definition) is 3. The molecule has 1 amide bonds. The van der Waals surface area contributed by atoms with Gasteiger partial charge in [0.2, 0.25) is 5.89 Å². The molecular weight excluding hydrogens is 345 g/mol. The monoisotopic (exact) mass is 356 g/mol. The van der Waals surface area contributed by atoms with E-state index in [9.17, 15) is 18.0 Å². The summed E-state index contributed by atoms with van der Waals surface area (Å²) in [6.45, 7) is 0. The van der Waals surface area contributed by atoms with Crippen LogP contribution in [0.15, 0.2) is 65.1 Å². The second-order valence-corrected chi connectivity index (χ2v) is 5.68. The third-order valence-corrected chi connectivity index (χ3v) is 3.92. The van der Waals surface area contributed by atoms with Gasteiger partial charge < -0.3 is 9.73 Å². The number of carbonyl (C=O) groups is 1. The first kappa shape index (κ1) is 16.1. The van der Waals surface area contributed by atoms with E-state index < -0.39 is 12.1 Å². The first-order valence-corrected chi connectivity index (χ1v) is 7.69. The molecule has 0 aliphatic carbocycles. The van der Waals surface area contributed by atoms with Gasteiger partial charge >= 0.3 is 12.1 Å². The fourth-order valence-corrected chi connectivity index (χ4v) is 2.73. The molecule has 7 heteroatoms. The van der Waals surface area contributed by atoms with Crippen molar-refractivity contribution in [1.29, 1.82) is 0 Å². The summed E-state index contributed by atoms with van der Waals surface area (Å²) in [4.78, 5) is 15.4. The minimum atomic E-state index is -4.95. The van der Waals surface area contributed by atoms with E-state index in [4.69, 9.17) is 4.42 Å². The molecule has 26 heavy (non-hydrogen) atoms. The van der Waals surface area contributed by atoms with Crippen LogP contribution in [0.4, 0.5) is 18.9 Å². The van der Waals surface area contributed by atoms with E-state index in [1.807, 2.05) is 47.8 Å². The second-order valence-electron chi connectivity index (χ2n) is 5.68. The highest BCUT2D eigenvalue weighted by molar-refractivity contribution is 5.98. The Balaban J connectivity index is 1.75. The lowest BCUT2D eigenvalue weighted by Crippen LogP contribution is -2.29. The van der Waals surface area contributed by atoms with E-state index in [0.717, 1.165) is 16.3 Å². The van der Waals surface area contributed by atoms with Crippen LogP contribution in [0.5, 0.6) is 0 Å². The summed E-state index contributed by atoms with van der Waals surface area (Å²) < 4.78 is 42.9. The lowest BCUT2D eigenvalue weighted by Gasteiger charge is -2.07. The maximum Gasteiger partial charge on any atom is 0.471 e. The maximum absolute atomic E-state index is 12.4. The molecule has 0 saturated heterocycles. The third kappa shape index (κ3) is 2.88. The van der Waals surface area contributed by atoms with Crippen LogP contribution >= 0.6 is 0 Å². The number of nitrogens with zero attached hydrogens (tertiary/aromatic N) is 1. The molecule has 0 fully saturated rings. The number of amides is 1. The quantitative estimate of drug-likeness (QED) is 0.540. The van der Waals surface area contributed by atoms with Crippen LogP contribution < -0.4 is 5.32 Å². The van der Waals surface area contributed by atoms with Crippen LogP contribution in [0.1, 0.15) is 0 Å². The van der Waals surface area contributed by atoms with Gasteiger partial charge in [-0.3, -0.25) is 4.79 Å². The number of nitrogens with one attached hydrogen (secondary N) is 1. The number of alkyl halides is 3. The minimum Gasteiger partial charge on any atom is -0.436 e. The fourth-order valence-electron chi connectivity index (χ4n) is 2.73. The topological polar surface area (TPSA) is 55.1 Å². The molecule has 1 N–H and O–H groups in total. The molecule has 1 aromatic heterocycles. The predicted molar refractivity (Wildman–Crippen MR) is 91.6 cm³/mol. The van der Waals surface area contributed by atoms with Crippen molar-refractivity contribution in [3.05, 3.63) is 60.7 Å². The molecule has 0 aliphatic heterocycles. The van der Waals surface area contributed by atoms with Gasteiger partial charge in [-0.1, -0.05) is 36.4 Å². The highest BCUT2D eigenvalue weighted by atomic mass is 19.4. The van der Waals surface area contributed by atoms with E-state index in [1.165, 1.54) is 18.2 Å². The van der Waals surface area contributed by atoms with Crippen LogP contribution in [0.2, 0.25) is 0 Å². The van der Waals surface area contributed by atoms with E-state index in [1.54, 1.807) is 0 Å². The average molecular weight is 356 g/mol. The molecule has 0 radical (unpaired) electrons. The Kier molecular flexibility index (Phi) is 3.64. The zero-order valence-corrected chi connectivity index (χ0v) is 13.2. The maximum atomic E-state index is 12.4.